The van der Waals surface area contributed by atoms with Crippen LogP contribution in [0.25, 0.3) is 5.76 Å². The summed E-state index contributed by atoms with van der Waals surface area (Å²) in [5.74, 6) is -1.95. The molecule has 1 aromatic heterocycles. The van der Waals surface area contributed by atoms with Crippen molar-refractivity contribution in [2.75, 3.05) is 12.0 Å². The number of thiazole rings is 1. The first kappa shape index (κ1) is 30.7. The molecule has 44 heavy (non-hydrogen) atoms. The number of carbonyl (C=O) groups excluding carboxylic acids is 3. The zero-order chi connectivity index (χ0) is 31.8. The van der Waals surface area contributed by atoms with Crippen LogP contribution in [0, 0.1) is 13.8 Å². The predicted molar refractivity (Wildman–Crippen MR) is 170 cm³/mol. The second-order valence-electron chi connectivity index (χ2n) is 11.7. The minimum atomic E-state index is -0.977. The first-order valence-electron chi connectivity index (χ1n) is 14.2. The minimum absolute atomic E-state index is 0.0664. The van der Waals surface area contributed by atoms with Crippen LogP contribution in [0.4, 0.5) is 5.13 Å². The van der Waals surface area contributed by atoms with E-state index in [0.29, 0.717) is 29.2 Å². The van der Waals surface area contributed by atoms with Crippen LogP contribution in [0.3, 0.4) is 0 Å². The Hall–Kier alpha value is -4.76. The molecular formula is C35H34N2O6S. The third-order valence-electron chi connectivity index (χ3n) is 7.58. The molecule has 0 saturated carbocycles. The molecule has 1 aliphatic heterocycles. The van der Waals surface area contributed by atoms with Gasteiger partial charge in [0.1, 0.15) is 23.0 Å². The van der Waals surface area contributed by atoms with E-state index < -0.39 is 23.7 Å². The molecule has 3 aromatic carbocycles. The molecule has 1 aliphatic rings. The first-order valence-corrected chi connectivity index (χ1v) is 15.0. The van der Waals surface area contributed by atoms with Gasteiger partial charge in [0.2, 0.25) is 0 Å². The normalized spacial score (nSPS) is 16.3. The number of nitrogens with zero attached hydrogens (tertiary/aromatic N) is 2. The Bertz CT molecular complexity index is 1770. The fourth-order valence-electron chi connectivity index (χ4n) is 5.13. The molecular weight excluding hydrogens is 576 g/mol. The van der Waals surface area contributed by atoms with E-state index in [1.165, 1.54) is 12.0 Å². The van der Waals surface area contributed by atoms with E-state index in [1.807, 2.05) is 61.5 Å². The summed E-state index contributed by atoms with van der Waals surface area (Å²) in [5.41, 5.74) is 4.01. The van der Waals surface area contributed by atoms with E-state index in [-0.39, 0.29) is 26.8 Å². The molecule has 9 heteroatoms. The lowest BCUT2D eigenvalue weighted by molar-refractivity contribution is -0.132. The quantitative estimate of drug-likeness (QED) is 0.103. The Balaban J connectivity index is 1.59. The summed E-state index contributed by atoms with van der Waals surface area (Å²) in [6, 6.07) is 21.5. The number of anilines is 1. The molecule has 226 valence electrons. The monoisotopic (exact) mass is 610 g/mol. The van der Waals surface area contributed by atoms with Crippen molar-refractivity contribution < 1.29 is 29.0 Å². The number of benzene rings is 3. The van der Waals surface area contributed by atoms with Crippen LogP contribution in [0.15, 0.2) is 78.4 Å². The molecule has 5 rings (SSSR count). The fraction of sp³-hybridized carbons (Fsp3) is 0.257. The molecule has 2 heterocycles. The van der Waals surface area contributed by atoms with Gasteiger partial charge in [-0.3, -0.25) is 14.5 Å². The van der Waals surface area contributed by atoms with Crippen molar-refractivity contribution in [1.82, 2.24) is 4.98 Å². The fourth-order valence-corrected chi connectivity index (χ4v) is 6.14. The van der Waals surface area contributed by atoms with Crippen molar-refractivity contribution in [3.63, 3.8) is 0 Å². The van der Waals surface area contributed by atoms with Gasteiger partial charge in [-0.05, 0) is 59.7 Å². The number of esters is 1. The van der Waals surface area contributed by atoms with E-state index in [9.17, 15) is 19.5 Å². The number of rotatable bonds is 7. The van der Waals surface area contributed by atoms with Crippen molar-refractivity contribution in [1.29, 1.82) is 0 Å². The average molecular weight is 611 g/mol. The van der Waals surface area contributed by atoms with Gasteiger partial charge >= 0.3 is 11.9 Å². The second-order valence-corrected chi connectivity index (χ2v) is 12.7. The predicted octanol–water partition coefficient (Wildman–Crippen LogP) is 7.05. The van der Waals surface area contributed by atoms with Crippen molar-refractivity contribution in [2.24, 2.45) is 0 Å². The average Bonchev–Trinajstić information content (AvgIpc) is 3.51. The molecule has 1 N–H and O–H groups in total. The van der Waals surface area contributed by atoms with Gasteiger partial charge in [-0.1, -0.05) is 86.7 Å². The van der Waals surface area contributed by atoms with Gasteiger partial charge < -0.3 is 14.6 Å². The lowest BCUT2D eigenvalue weighted by atomic mass is 9.85. The number of hydrogen-bond donors (Lipinski definition) is 1. The molecule has 1 atom stereocenters. The lowest BCUT2D eigenvalue weighted by Crippen LogP contribution is -2.29. The number of aliphatic hydroxyl groups excluding tert-OH is 1. The standard InChI is InChI=1S/C35H34N2O6S/c1-20-18-24(14-17-26(20)43-19-22-10-8-7-9-11-22)29(38)27-28(23-12-15-25(16-13-23)35(3,4)5)37(32(40)30(27)39)34-36-21(2)31(44-34)33(41)42-6/h7-18,28,38H,19H2,1-6H3/b29-27-. The molecule has 8 nitrogen and oxygen atoms in total. The number of aliphatic hydroxyl groups is 1. The topological polar surface area (TPSA) is 106 Å². The highest BCUT2D eigenvalue weighted by Gasteiger charge is 2.48. The van der Waals surface area contributed by atoms with Crippen molar-refractivity contribution in [2.45, 2.75) is 52.7 Å². The Morgan fingerprint density at radius 3 is 2.30 bits per heavy atom. The molecule has 1 fully saturated rings. The lowest BCUT2D eigenvalue weighted by Gasteiger charge is -2.25. The third-order valence-corrected chi connectivity index (χ3v) is 8.72. The van der Waals surface area contributed by atoms with Gasteiger partial charge in [0.15, 0.2) is 5.13 Å². The number of ether oxygens (including phenoxy) is 2. The van der Waals surface area contributed by atoms with Gasteiger partial charge in [0, 0.05) is 5.56 Å². The van der Waals surface area contributed by atoms with Gasteiger partial charge in [-0.25, -0.2) is 9.78 Å². The number of carbonyl (C=O) groups is 3. The number of ketones is 1. The summed E-state index contributed by atoms with van der Waals surface area (Å²) in [5, 5.41) is 11.8. The van der Waals surface area contributed by atoms with Gasteiger partial charge in [0.05, 0.1) is 24.4 Å². The number of amides is 1. The SMILES string of the molecule is COC(=O)c1sc(N2C(=O)C(=O)/C(=C(\O)c3ccc(OCc4ccccc4)c(C)c3)C2c2ccc(C(C)(C)C)cc2)nc1C. The highest BCUT2D eigenvalue weighted by atomic mass is 32.1. The molecule has 0 bridgehead atoms. The van der Waals surface area contributed by atoms with Crippen LogP contribution in [-0.4, -0.2) is 34.9 Å². The van der Waals surface area contributed by atoms with Gasteiger partial charge in [-0.2, -0.15) is 0 Å². The molecule has 1 amide bonds. The zero-order valence-electron chi connectivity index (χ0n) is 25.5. The summed E-state index contributed by atoms with van der Waals surface area (Å²) in [4.78, 5) is 45.6. The molecule has 0 aliphatic carbocycles. The summed E-state index contributed by atoms with van der Waals surface area (Å²) in [7, 11) is 1.27. The van der Waals surface area contributed by atoms with Gasteiger partial charge in [0.25, 0.3) is 5.78 Å². The van der Waals surface area contributed by atoms with Crippen molar-refractivity contribution >= 4 is 39.9 Å². The maximum absolute atomic E-state index is 13.7. The molecule has 1 unspecified atom stereocenters. The van der Waals surface area contributed by atoms with E-state index in [0.717, 1.165) is 28.0 Å². The van der Waals surface area contributed by atoms with Crippen LogP contribution >= 0.6 is 11.3 Å². The number of aryl methyl sites for hydroxylation is 2. The number of hydrogen-bond acceptors (Lipinski definition) is 8. The highest BCUT2D eigenvalue weighted by Crippen LogP contribution is 2.44. The van der Waals surface area contributed by atoms with Crippen LogP contribution in [-0.2, 0) is 26.3 Å². The van der Waals surface area contributed by atoms with Crippen molar-refractivity contribution in [3.8, 4) is 5.75 Å². The molecule has 1 saturated heterocycles. The van der Waals surface area contributed by atoms with E-state index in [2.05, 4.69) is 25.8 Å². The van der Waals surface area contributed by atoms with Crippen LogP contribution in [0.5, 0.6) is 5.75 Å². The number of Topliss-reactive ketones (excluding diaryl/α,β-unsaturated/α-hetero) is 1. The summed E-state index contributed by atoms with van der Waals surface area (Å²) in [6.07, 6.45) is 0. The van der Waals surface area contributed by atoms with Crippen LogP contribution in [0.1, 0.15) is 70.0 Å². The van der Waals surface area contributed by atoms with Crippen LogP contribution < -0.4 is 9.64 Å². The largest absolute Gasteiger partial charge is 0.507 e. The van der Waals surface area contributed by atoms with E-state index in [1.54, 1.807) is 25.1 Å². The van der Waals surface area contributed by atoms with Crippen molar-refractivity contribution in [3.05, 3.63) is 117 Å². The summed E-state index contributed by atoms with van der Waals surface area (Å²) >= 11 is 0.965. The van der Waals surface area contributed by atoms with Gasteiger partial charge in [-0.15, -0.1) is 0 Å². The first-order chi connectivity index (χ1) is 20.9. The summed E-state index contributed by atoms with van der Waals surface area (Å²) in [6.45, 7) is 10.2. The Labute approximate surface area is 260 Å². The van der Waals surface area contributed by atoms with E-state index in [4.69, 9.17) is 9.47 Å². The maximum Gasteiger partial charge on any atom is 0.350 e. The number of aromatic nitrogens is 1. The maximum atomic E-state index is 13.7. The zero-order valence-corrected chi connectivity index (χ0v) is 26.3. The minimum Gasteiger partial charge on any atom is -0.507 e. The Morgan fingerprint density at radius 2 is 1.68 bits per heavy atom. The van der Waals surface area contributed by atoms with Crippen LogP contribution in [0.2, 0.25) is 0 Å². The summed E-state index contributed by atoms with van der Waals surface area (Å²) < 4.78 is 10.9. The molecule has 0 spiro atoms. The molecule has 0 radical (unpaired) electrons. The Morgan fingerprint density at radius 1 is 1.00 bits per heavy atom. The smallest absolute Gasteiger partial charge is 0.350 e. The van der Waals surface area contributed by atoms with E-state index >= 15 is 0 Å². The Kier molecular flexibility index (Phi) is 8.43. The molecule has 4 aromatic rings. The second kappa shape index (κ2) is 12.1. The number of methoxy groups -OCH3 is 1. The highest BCUT2D eigenvalue weighted by molar-refractivity contribution is 7.17. The third kappa shape index (κ3) is 5.88.